The molecule has 0 spiro atoms. The van der Waals surface area contributed by atoms with Crippen LogP contribution in [0.5, 0.6) is 0 Å². The number of fused-ring (bicyclic) bond motifs is 2. The molecule has 4 aromatic rings. The van der Waals surface area contributed by atoms with E-state index in [0.29, 0.717) is 5.92 Å². The molecule has 0 unspecified atom stereocenters. The molecule has 0 bridgehead atoms. The molecule has 5 heterocycles. The lowest BCUT2D eigenvalue weighted by molar-refractivity contribution is 0.351. The average Bonchev–Trinajstić information content (AvgIpc) is 3.15. The molecule has 7 heteroatoms. The number of hydrogen-bond donors (Lipinski definition) is 0. The summed E-state index contributed by atoms with van der Waals surface area (Å²) in [5, 5.41) is 5.43. The Bertz CT molecular complexity index is 1470. The number of halogens is 1. The Balaban J connectivity index is 1.27. The standard InChI is InChI=1S/C29H33FN6/c1-4-22-12-23(30)13-26-25(10-19(2)33-28(22)26)27-15-32-36-18-24(14-31-29(27)36)35-16-21(17-35)11-20-6-5-8-34(3)9-7-20/h10-15,18,21H,4-9,16-17H2,1-3H3/b20-11-. The van der Waals surface area contributed by atoms with Crippen LogP contribution in [0.4, 0.5) is 10.1 Å². The third-order valence-corrected chi connectivity index (χ3v) is 7.70. The van der Waals surface area contributed by atoms with Crippen LogP contribution in [-0.2, 0) is 6.42 Å². The van der Waals surface area contributed by atoms with Crippen molar-refractivity contribution in [2.45, 2.75) is 39.5 Å². The van der Waals surface area contributed by atoms with Crippen molar-refractivity contribution in [2.24, 2.45) is 5.92 Å². The zero-order valence-electron chi connectivity index (χ0n) is 21.3. The molecule has 2 fully saturated rings. The molecule has 2 aliphatic heterocycles. The number of anilines is 1. The first-order valence-electron chi connectivity index (χ1n) is 13.0. The molecule has 2 aliphatic rings. The monoisotopic (exact) mass is 484 g/mol. The van der Waals surface area contributed by atoms with Gasteiger partial charge in [-0.3, -0.25) is 4.98 Å². The van der Waals surface area contributed by atoms with Gasteiger partial charge in [-0.15, -0.1) is 0 Å². The molecule has 3 aromatic heterocycles. The van der Waals surface area contributed by atoms with Gasteiger partial charge in [-0.2, -0.15) is 5.10 Å². The number of rotatable bonds is 4. The van der Waals surface area contributed by atoms with Crippen LogP contribution < -0.4 is 4.90 Å². The molecule has 6 nitrogen and oxygen atoms in total. The van der Waals surface area contributed by atoms with Gasteiger partial charge in [0.15, 0.2) is 5.65 Å². The summed E-state index contributed by atoms with van der Waals surface area (Å²) in [7, 11) is 2.22. The number of aryl methyl sites for hydroxylation is 2. The van der Waals surface area contributed by atoms with E-state index < -0.39 is 0 Å². The van der Waals surface area contributed by atoms with Crippen molar-refractivity contribution in [2.75, 3.05) is 38.1 Å². The normalized spacial score (nSPS) is 18.8. The van der Waals surface area contributed by atoms with Gasteiger partial charge in [0.25, 0.3) is 0 Å². The van der Waals surface area contributed by atoms with E-state index in [4.69, 9.17) is 9.97 Å². The Morgan fingerprint density at radius 2 is 1.94 bits per heavy atom. The van der Waals surface area contributed by atoms with Crippen LogP contribution in [0.15, 0.2) is 48.4 Å². The Morgan fingerprint density at radius 1 is 1.08 bits per heavy atom. The van der Waals surface area contributed by atoms with Crippen LogP contribution in [-0.4, -0.2) is 57.7 Å². The molecular weight excluding hydrogens is 451 g/mol. The van der Waals surface area contributed by atoms with Gasteiger partial charge in [0.2, 0.25) is 0 Å². The zero-order valence-corrected chi connectivity index (χ0v) is 21.3. The van der Waals surface area contributed by atoms with Gasteiger partial charge in [0.05, 0.1) is 29.8 Å². The summed E-state index contributed by atoms with van der Waals surface area (Å²) in [5.74, 6) is 0.372. The number of likely N-dealkylation sites (tertiary alicyclic amines) is 1. The summed E-state index contributed by atoms with van der Waals surface area (Å²) in [5.41, 5.74) is 7.97. The Hall–Kier alpha value is -3.32. The first-order chi connectivity index (χ1) is 17.5. The van der Waals surface area contributed by atoms with E-state index >= 15 is 0 Å². The van der Waals surface area contributed by atoms with Crippen molar-refractivity contribution < 1.29 is 4.39 Å². The van der Waals surface area contributed by atoms with E-state index in [0.717, 1.165) is 64.1 Å². The second kappa shape index (κ2) is 9.28. The summed E-state index contributed by atoms with van der Waals surface area (Å²) in [4.78, 5) is 14.3. The van der Waals surface area contributed by atoms with Gasteiger partial charge in [-0.1, -0.05) is 18.6 Å². The van der Waals surface area contributed by atoms with Gasteiger partial charge >= 0.3 is 0 Å². The Kier molecular flexibility index (Phi) is 5.96. The van der Waals surface area contributed by atoms with Gasteiger partial charge in [0, 0.05) is 42.2 Å². The van der Waals surface area contributed by atoms with Crippen LogP contribution in [0, 0.1) is 18.7 Å². The second-order valence-electron chi connectivity index (χ2n) is 10.4. The Labute approximate surface area is 211 Å². The molecule has 36 heavy (non-hydrogen) atoms. The fourth-order valence-corrected chi connectivity index (χ4v) is 5.67. The molecule has 0 amide bonds. The van der Waals surface area contributed by atoms with E-state index in [2.05, 4.69) is 34.2 Å². The summed E-state index contributed by atoms with van der Waals surface area (Å²) in [6, 6.07) is 5.17. The van der Waals surface area contributed by atoms with Crippen LogP contribution in [0.2, 0.25) is 0 Å². The molecular formula is C29H33FN6. The number of hydrogen-bond acceptors (Lipinski definition) is 5. The smallest absolute Gasteiger partial charge is 0.162 e. The highest BCUT2D eigenvalue weighted by Gasteiger charge is 2.27. The largest absolute Gasteiger partial charge is 0.368 e. The Morgan fingerprint density at radius 3 is 2.78 bits per heavy atom. The van der Waals surface area contributed by atoms with Gasteiger partial charge in [-0.05, 0) is 75.5 Å². The third-order valence-electron chi connectivity index (χ3n) is 7.70. The number of nitrogens with zero attached hydrogens (tertiary/aromatic N) is 6. The summed E-state index contributed by atoms with van der Waals surface area (Å²) in [6.07, 6.45) is 12.8. The zero-order chi connectivity index (χ0) is 24.8. The third kappa shape index (κ3) is 4.26. The molecule has 1 aromatic carbocycles. The lowest BCUT2D eigenvalue weighted by Crippen LogP contribution is -2.46. The average molecular weight is 485 g/mol. The lowest BCUT2D eigenvalue weighted by atomic mass is 9.94. The van der Waals surface area contributed by atoms with Crippen molar-refractivity contribution in [3.05, 3.63) is 65.5 Å². The van der Waals surface area contributed by atoms with Crippen LogP contribution >= 0.6 is 0 Å². The number of pyridine rings is 1. The van der Waals surface area contributed by atoms with Crippen LogP contribution in [0.3, 0.4) is 0 Å². The van der Waals surface area contributed by atoms with E-state index in [9.17, 15) is 4.39 Å². The first-order valence-corrected chi connectivity index (χ1v) is 13.0. The SMILES string of the molecule is CCc1cc(F)cc2c(-c3cnn4cc(N5CC(/C=C6/CCCN(C)CC6)C5)cnc34)cc(C)nc12. The maximum Gasteiger partial charge on any atom is 0.162 e. The van der Waals surface area contributed by atoms with Crippen LogP contribution in [0.25, 0.3) is 27.7 Å². The molecule has 2 saturated heterocycles. The molecule has 0 N–H and O–H groups in total. The predicted molar refractivity (Wildman–Crippen MR) is 143 cm³/mol. The highest BCUT2D eigenvalue weighted by molar-refractivity contribution is 5.99. The first kappa shape index (κ1) is 23.1. The lowest BCUT2D eigenvalue weighted by Gasteiger charge is -2.39. The molecule has 0 aliphatic carbocycles. The number of aromatic nitrogens is 4. The highest BCUT2D eigenvalue weighted by atomic mass is 19.1. The fourth-order valence-electron chi connectivity index (χ4n) is 5.67. The van der Waals surface area contributed by atoms with Gasteiger partial charge < -0.3 is 9.80 Å². The quantitative estimate of drug-likeness (QED) is 0.362. The van der Waals surface area contributed by atoms with E-state index in [1.807, 2.05) is 36.8 Å². The summed E-state index contributed by atoms with van der Waals surface area (Å²) in [6.45, 7) is 8.42. The maximum atomic E-state index is 14.4. The van der Waals surface area contributed by atoms with Crippen molar-refractivity contribution in [3.63, 3.8) is 0 Å². The summed E-state index contributed by atoms with van der Waals surface area (Å²) < 4.78 is 16.3. The van der Waals surface area contributed by atoms with Crippen molar-refractivity contribution in [1.29, 1.82) is 0 Å². The molecule has 6 rings (SSSR count). The molecule has 186 valence electrons. The minimum Gasteiger partial charge on any atom is -0.368 e. The second-order valence-corrected chi connectivity index (χ2v) is 10.4. The van der Waals surface area contributed by atoms with Crippen molar-refractivity contribution in [3.8, 4) is 11.1 Å². The topological polar surface area (TPSA) is 49.6 Å². The van der Waals surface area contributed by atoms with Gasteiger partial charge in [0.1, 0.15) is 5.82 Å². The van der Waals surface area contributed by atoms with Crippen LogP contribution in [0.1, 0.15) is 37.4 Å². The molecule has 0 saturated carbocycles. The van der Waals surface area contributed by atoms with Gasteiger partial charge in [-0.25, -0.2) is 13.9 Å². The van der Waals surface area contributed by atoms with Crippen molar-refractivity contribution in [1.82, 2.24) is 24.5 Å². The van der Waals surface area contributed by atoms with E-state index in [1.165, 1.54) is 32.4 Å². The highest BCUT2D eigenvalue weighted by Crippen LogP contribution is 2.34. The summed E-state index contributed by atoms with van der Waals surface area (Å²) >= 11 is 0. The fraction of sp³-hybridized carbons (Fsp3) is 0.414. The predicted octanol–water partition coefficient (Wildman–Crippen LogP) is 5.43. The number of benzene rings is 1. The van der Waals surface area contributed by atoms with E-state index in [1.54, 1.807) is 17.7 Å². The van der Waals surface area contributed by atoms with Crippen molar-refractivity contribution >= 4 is 22.2 Å². The minimum atomic E-state index is -0.240. The molecule has 0 atom stereocenters. The molecule has 0 radical (unpaired) electrons. The maximum absolute atomic E-state index is 14.4. The van der Waals surface area contributed by atoms with E-state index in [-0.39, 0.29) is 5.82 Å². The minimum absolute atomic E-state index is 0.240.